The molecule has 0 bridgehead atoms. The van der Waals surface area contributed by atoms with Crippen LogP contribution in [-0.2, 0) is 14.3 Å². The fourth-order valence-electron chi connectivity index (χ4n) is 1.32. The molecule has 0 aromatic heterocycles. The summed E-state index contributed by atoms with van der Waals surface area (Å²) in [6, 6.07) is 7.06. The average Bonchev–Trinajstić information content (AvgIpc) is 2.37. The zero-order valence-corrected chi connectivity index (χ0v) is 12.0. The maximum absolute atomic E-state index is 11.7. The normalized spacial score (nSPS) is 11.4. The van der Waals surface area contributed by atoms with Gasteiger partial charge in [0.05, 0.1) is 12.1 Å². The predicted octanol–water partition coefficient (Wildman–Crippen LogP) is 1.94. The first-order valence-electron chi connectivity index (χ1n) is 6.38. The maximum atomic E-state index is 11.7. The topological polar surface area (TPSA) is 81.4 Å². The number of hydrogen-bond donors (Lipinski definition) is 2. The Hall–Kier alpha value is -2.14. The molecule has 5 heteroatoms. The smallest absolute Gasteiger partial charge is 0.330 e. The van der Waals surface area contributed by atoms with Crippen molar-refractivity contribution in [3.8, 4) is 0 Å². The fraction of sp³-hybridized carbons (Fsp3) is 0.333. The lowest BCUT2D eigenvalue weighted by atomic mass is 10.1. The van der Waals surface area contributed by atoms with E-state index in [1.807, 2.05) is 0 Å². The summed E-state index contributed by atoms with van der Waals surface area (Å²) in [7, 11) is 0. The number of ether oxygens (including phenoxy) is 1. The van der Waals surface area contributed by atoms with E-state index in [-0.39, 0.29) is 11.9 Å². The van der Waals surface area contributed by atoms with Crippen molar-refractivity contribution in [2.24, 2.45) is 5.73 Å². The molecule has 0 saturated carbocycles. The molecular weight excluding hydrogens is 256 g/mol. The molecular formula is C15H20N2O3. The predicted molar refractivity (Wildman–Crippen MR) is 79.0 cm³/mol. The van der Waals surface area contributed by atoms with Crippen molar-refractivity contribution in [2.75, 3.05) is 11.9 Å². The van der Waals surface area contributed by atoms with Crippen LogP contribution in [-0.4, -0.2) is 24.0 Å². The summed E-state index contributed by atoms with van der Waals surface area (Å²) in [6.07, 6.45) is 3.01. The van der Waals surface area contributed by atoms with Crippen LogP contribution in [0.25, 0.3) is 6.08 Å². The van der Waals surface area contributed by atoms with Crippen LogP contribution < -0.4 is 11.1 Å². The molecule has 0 aliphatic rings. The first kappa shape index (κ1) is 15.9. The minimum atomic E-state index is -0.928. The van der Waals surface area contributed by atoms with E-state index in [1.54, 1.807) is 51.1 Å². The van der Waals surface area contributed by atoms with Gasteiger partial charge in [-0.3, -0.25) is 4.79 Å². The van der Waals surface area contributed by atoms with Gasteiger partial charge in [0, 0.05) is 11.8 Å². The number of carbonyl (C=O) groups excluding carboxylic acids is 2. The van der Waals surface area contributed by atoms with E-state index in [9.17, 15) is 9.59 Å². The molecule has 0 atom stereocenters. The summed E-state index contributed by atoms with van der Waals surface area (Å²) in [5.74, 6) is -0.637. The molecule has 1 aromatic carbocycles. The molecule has 108 valence electrons. The van der Waals surface area contributed by atoms with Gasteiger partial charge in [-0.2, -0.15) is 0 Å². The number of nitrogens with two attached hydrogens (primary N) is 1. The SMILES string of the molecule is CCOC(=O)/C=C/c1ccc(NC(=O)C(C)(C)N)cc1. The highest BCUT2D eigenvalue weighted by Crippen LogP contribution is 2.12. The highest BCUT2D eigenvalue weighted by atomic mass is 16.5. The van der Waals surface area contributed by atoms with Crippen LogP contribution in [0.4, 0.5) is 5.69 Å². The van der Waals surface area contributed by atoms with Crippen LogP contribution in [0.3, 0.4) is 0 Å². The number of rotatable bonds is 5. The third kappa shape index (κ3) is 5.24. The van der Waals surface area contributed by atoms with Gasteiger partial charge < -0.3 is 15.8 Å². The fourth-order valence-corrected chi connectivity index (χ4v) is 1.32. The van der Waals surface area contributed by atoms with Crippen molar-refractivity contribution in [2.45, 2.75) is 26.3 Å². The molecule has 1 rings (SSSR count). The number of esters is 1. The number of benzene rings is 1. The van der Waals surface area contributed by atoms with Crippen LogP contribution in [0.15, 0.2) is 30.3 Å². The summed E-state index contributed by atoms with van der Waals surface area (Å²) in [5, 5.41) is 2.71. The van der Waals surface area contributed by atoms with Crippen LogP contribution in [0.5, 0.6) is 0 Å². The van der Waals surface area contributed by atoms with E-state index in [0.29, 0.717) is 12.3 Å². The van der Waals surface area contributed by atoms with E-state index in [2.05, 4.69) is 5.32 Å². The van der Waals surface area contributed by atoms with Crippen molar-refractivity contribution in [1.29, 1.82) is 0 Å². The zero-order chi connectivity index (χ0) is 15.2. The highest BCUT2D eigenvalue weighted by molar-refractivity contribution is 5.97. The lowest BCUT2D eigenvalue weighted by molar-refractivity contribution is -0.137. The third-order valence-electron chi connectivity index (χ3n) is 2.45. The Kier molecular flexibility index (Phi) is 5.46. The van der Waals surface area contributed by atoms with E-state index in [1.165, 1.54) is 6.08 Å². The molecule has 3 N–H and O–H groups in total. The highest BCUT2D eigenvalue weighted by Gasteiger charge is 2.21. The van der Waals surface area contributed by atoms with Gasteiger partial charge in [-0.05, 0) is 44.5 Å². The lowest BCUT2D eigenvalue weighted by Gasteiger charge is -2.17. The number of amides is 1. The molecule has 0 fully saturated rings. The van der Waals surface area contributed by atoms with Crippen LogP contribution in [0.2, 0.25) is 0 Å². The van der Waals surface area contributed by atoms with Crippen molar-refractivity contribution >= 4 is 23.6 Å². The second-order valence-corrected chi connectivity index (χ2v) is 4.88. The summed E-state index contributed by atoms with van der Waals surface area (Å²) >= 11 is 0. The molecule has 0 saturated heterocycles. The van der Waals surface area contributed by atoms with Crippen molar-refractivity contribution in [3.05, 3.63) is 35.9 Å². The maximum Gasteiger partial charge on any atom is 0.330 e. The Morgan fingerprint density at radius 3 is 2.40 bits per heavy atom. The van der Waals surface area contributed by atoms with Gasteiger partial charge in [-0.1, -0.05) is 12.1 Å². The van der Waals surface area contributed by atoms with Crippen LogP contribution in [0.1, 0.15) is 26.3 Å². The van der Waals surface area contributed by atoms with Crippen molar-refractivity contribution in [3.63, 3.8) is 0 Å². The van der Waals surface area contributed by atoms with E-state index in [4.69, 9.17) is 10.5 Å². The Bertz CT molecular complexity index is 499. The van der Waals surface area contributed by atoms with Gasteiger partial charge in [-0.15, -0.1) is 0 Å². The summed E-state index contributed by atoms with van der Waals surface area (Å²) in [5.41, 5.74) is 6.25. The number of carbonyl (C=O) groups is 2. The Morgan fingerprint density at radius 1 is 1.30 bits per heavy atom. The molecule has 0 radical (unpaired) electrons. The molecule has 1 amide bonds. The molecule has 1 aromatic rings. The average molecular weight is 276 g/mol. The zero-order valence-electron chi connectivity index (χ0n) is 12.0. The minimum Gasteiger partial charge on any atom is -0.463 e. The first-order valence-corrected chi connectivity index (χ1v) is 6.38. The van der Waals surface area contributed by atoms with Crippen LogP contribution in [0, 0.1) is 0 Å². The number of nitrogens with one attached hydrogen (secondary N) is 1. The van der Waals surface area contributed by atoms with Gasteiger partial charge in [0.1, 0.15) is 0 Å². The van der Waals surface area contributed by atoms with Crippen molar-refractivity contribution < 1.29 is 14.3 Å². The standard InChI is InChI=1S/C15H20N2O3/c1-4-20-13(18)10-7-11-5-8-12(9-6-11)17-14(19)15(2,3)16/h5-10H,4,16H2,1-3H3,(H,17,19)/b10-7+. The van der Waals surface area contributed by atoms with Gasteiger partial charge >= 0.3 is 5.97 Å². The van der Waals surface area contributed by atoms with Gasteiger partial charge in [0.15, 0.2) is 0 Å². The van der Waals surface area contributed by atoms with E-state index < -0.39 is 5.54 Å². The summed E-state index contributed by atoms with van der Waals surface area (Å²) in [4.78, 5) is 22.9. The summed E-state index contributed by atoms with van der Waals surface area (Å²) < 4.78 is 4.78. The van der Waals surface area contributed by atoms with Crippen LogP contribution >= 0.6 is 0 Å². The Balaban J connectivity index is 2.65. The monoisotopic (exact) mass is 276 g/mol. The van der Waals surface area contributed by atoms with Crippen molar-refractivity contribution in [1.82, 2.24) is 0 Å². The molecule has 20 heavy (non-hydrogen) atoms. The van der Waals surface area contributed by atoms with E-state index >= 15 is 0 Å². The molecule has 0 aliphatic carbocycles. The van der Waals surface area contributed by atoms with Gasteiger partial charge in [0.25, 0.3) is 0 Å². The molecule has 0 heterocycles. The Morgan fingerprint density at radius 2 is 1.90 bits per heavy atom. The molecule has 0 aliphatic heterocycles. The number of hydrogen-bond acceptors (Lipinski definition) is 4. The number of anilines is 1. The molecule has 0 unspecified atom stereocenters. The first-order chi connectivity index (χ1) is 9.32. The minimum absolute atomic E-state index is 0.257. The Labute approximate surface area is 118 Å². The van der Waals surface area contributed by atoms with Gasteiger partial charge in [-0.25, -0.2) is 4.79 Å². The second-order valence-electron chi connectivity index (χ2n) is 4.88. The second kappa shape index (κ2) is 6.86. The summed E-state index contributed by atoms with van der Waals surface area (Å²) in [6.45, 7) is 5.38. The third-order valence-corrected chi connectivity index (χ3v) is 2.45. The molecule has 0 spiro atoms. The quantitative estimate of drug-likeness (QED) is 0.636. The lowest BCUT2D eigenvalue weighted by Crippen LogP contribution is -2.45. The van der Waals surface area contributed by atoms with E-state index in [0.717, 1.165) is 5.56 Å². The largest absolute Gasteiger partial charge is 0.463 e. The van der Waals surface area contributed by atoms with Gasteiger partial charge in [0.2, 0.25) is 5.91 Å². The molecule has 5 nitrogen and oxygen atoms in total.